The van der Waals surface area contributed by atoms with Gasteiger partial charge in [0.1, 0.15) is 11.6 Å². The summed E-state index contributed by atoms with van der Waals surface area (Å²) in [6.45, 7) is 0.147. The second kappa shape index (κ2) is 6.60. The number of benzene rings is 2. The second-order valence-electron chi connectivity index (χ2n) is 4.28. The number of carbonyl (C=O) groups is 1. The van der Waals surface area contributed by atoms with Gasteiger partial charge >= 0.3 is 0 Å². The molecule has 0 aliphatic carbocycles. The number of halogens is 1. The quantitative estimate of drug-likeness (QED) is 0.464. The molecule has 0 aliphatic rings. The average molecular weight is 289 g/mol. The monoisotopic (exact) mass is 289 g/mol. The molecule has 21 heavy (non-hydrogen) atoms. The van der Waals surface area contributed by atoms with Gasteiger partial charge in [0, 0.05) is 24.1 Å². The molecule has 108 valence electrons. The van der Waals surface area contributed by atoms with Gasteiger partial charge in [-0.1, -0.05) is 0 Å². The first-order valence-electron chi connectivity index (χ1n) is 6.22. The average Bonchev–Trinajstić information content (AvgIpc) is 2.48. The van der Waals surface area contributed by atoms with Crippen molar-refractivity contribution in [2.24, 2.45) is 0 Å². The third-order valence-corrected chi connectivity index (χ3v) is 2.81. The van der Waals surface area contributed by atoms with Crippen LogP contribution in [0.2, 0.25) is 0 Å². The van der Waals surface area contributed by atoms with Crippen molar-refractivity contribution in [2.45, 2.75) is 6.42 Å². The van der Waals surface area contributed by atoms with Gasteiger partial charge in [0.05, 0.1) is 11.5 Å². The van der Waals surface area contributed by atoms with Gasteiger partial charge in [-0.2, -0.15) is 0 Å². The van der Waals surface area contributed by atoms with E-state index >= 15 is 0 Å². The van der Waals surface area contributed by atoms with Crippen LogP contribution in [-0.4, -0.2) is 17.3 Å². The number of nitro benzene ring substituents is 1. The molecule has 0 atom stereocenters. The van der Waals surface area contributed by atoms with Crippen molar-refractivity contribution in [1.29, 1.82) is 0 Å². The fraction of sp³-hybridized carbons (Fsp3) is 0.133. The third kappa shape index (κ3) is 4.10. The summed E-state index contributed by atoms with van der Waals surface area (Å²) in [5.41, 5.74) is 0.397. The molecular formula is C15H12FNO4. The van der Waals surface area contributed by atoms with E-state index in [0.29, 0.717) is 11.3 Å². The van der Waals surface area contributed by atoms with E-state index in [0.717, 1.165) is 0 Å². The molecule has 0 aliphatic heterocycles. The van der Waals surface area contributed by atoms with Gasteiger partial charge < -0.3 is 4.74 Å². The highest BCUT2D eigenvalue weighted by Crippen LogP contribution is 2.17. The number of carbonyl (C=O) groups excluding carboxylic acids is 1. The minimum Gasteiger partial charge on any atom is -0.493 e. The predicted molar refractivity (Wildman–Crippen MR) is 73.9 cm³/mol. The van der Waals surface area contributed by atoms with Gasteiger partial charge in [-0.25, -0.2) is 4.39 Å². The first-order valence-corrected chi connectivity index (χ1v) is 6.22. The van der Waals surface area contributed by atoms with Gasteiger partial charge in [0.25, 0.3) is 5.69 Å². The van der Waals surface area contributed by atoms with Crippen LogP contribution in [0.5, 0.6) is 5.75 Å². The van der Waals surface area contributed by atoms with E-state index in [1.165, 1.54) is 48.5 Å². The highest BCUT2D eigenvalue weighted by atomic mass is 19.1. The van der Waals surface area contributed by atoms with Crippen molar-refractivity contribution in [3.05, 3.63) is 70.0 Å². The summed E-state index contributed by atoms with van der Waals surface area (Å²) < 4.78 is 18.1. The summed E-state index contributed by atoms with van der Waals surface area (Å²) in [6.07, 6.45) is 0.141. The van der Waals surface area contributed by atoms with Crippen LogP contribution in [0.4, 0.5) is 10.1 Å². The molecule has 2 aromatic rings. The van der Waals surface area contributed by atoms with Gasteiger partial charge in [0.15, 0.2) is 5.78 Å². The van der Waals surface area contributed by atoms with Crippen LogP contribution < -0.4 is 4.74 Å². The van der Waals surface area contributed by atoms with Gasteiger partial charge in [-0.15, -0.1) is 0 Å². The topological polar surface area (TPSA) is 69.4 Å². The summed E-state index contributed by atoms with van der Waals surface area (Å²) in [5.74, 6) is -0.0990. The molecule has 2 aromatic carbocycles. The Bertz CT molecular complexity index is 638. The zero-order chi connectivity index (χ0) is 15.2. The van der Waals surface area contributed by atoms with Gasteiger partial charge in [-0.3, -0.25) is 14.9 Å². The Morgan fingerprint density at radius 2 is 1.71 bits per heavy atom. The van der Waals surface area contributed by atoms with Crippen molar-refractivity contribution in [3.8, 4) is 5.75 Å². The molecule has 0 unspecified atom stereocenters. The number of nitrogens with zero attached hydrogens (tertiary/aromatic N) is 1. The van der Waals surface area contributed by atoms with E-state index in [1.54, 1.807) is 0 Å². The van der Waals surface area contributed by atoms with Crippen LogP contribution in [0.3, 0.4) is 0 Å². The lowest BCUT2D eigenvalue weighted by atomic mass is 10.1. The lowest BCUT2D eigenvalue weighted by Gasteiger charge is -2.05. The van der Waals surface area contributed by atoms with Crippen LogP contribution >= 0.6 is 0 Å². The van der Waals surface area contributed by atoms with Crippen molar-refractivity contribution in [3.63, 3.8) is 0 Å². The van der Waals surface area contributed by atoms with E-state index in [4.69, 9.17) is 4.74 Å². The molecule has 0 radical (unpaired) electrons. The van der Waals surface area contributed by atoms with Crippen molar-refractivity contribution in [1.82, 2.24) is 0 Å². The number of nitro groups is 1. The normalized spacial score (nSPS) is 10.1. The molecule has 0 aromatic heterocycles. The summed E-state index contributed by atoms with van der Waals surface area (Å²) in [4.78, 5) is 21.8. The number of Topliss-reactive ketones (excluding diaryl/α,β-unsaturated/α-hetero) is 1. The van der Waals surface area contributed by atoms with E-state index in [2.05, 4.69) is 0 Å². The van der Waals surface area contributed by atoms with Crippen molar-refractivity contribution < 1.29 is 18.8 Å². The maximum atomic E-state index is 12.7. The molecule has 0 saturated heterocycles. The Kier molecular flexibility index (Phi) is 4.61. The Morgan fingerprint density at radius 3 is 2.29 bits per heavy atom. The van der Waals surface area contributed by atoms with E-state index in [1.807, 2.05) is 0 Å². The van der Waals surface area contributed by atoms with Crippen molar-refractivity contribution >= 4 is 11.5 Å². The van der Waals surface area contributed by atoms with Crippen molar-refractivity contribution in [2.75, 3.05) is 6.61 Å². The second-order valence-corrected chi connectivity index (χ2v) is 4.28. The summed E-state index contributed by atoms with van der Waals surface area (Å²) in [7, 11) is 0. The SMILES string of the molecule is O=C(CCOc1ccc([N+](=O)[O-])cc1)c1ccc(F)cc1. The fourth-order valence-corrected chi connectivity index (χ4v) is 1.71. The van der Waals surface area contributed by atoms with Crippen LogP contribution in [0.15, 0.2) is 48.5 Å². The predicted octanol–water partition coefficient (Wildman–Crippen LogP) is 3.39. The first kappa shape index (κ1) is 14.6. The van der Waals surface area contributed by atoms with Crippen LogP contribution in [0, 0.1) is 15.9 Å². The number of hydrogen-bond donors (Lipinski definition) is 0. The zero-order valence-corrected chi connectivity index (χ0v) is 11.0. The largest absolute Gasteiger partial charge is 0.493 e. The Balaban J connectivity index is 1.85. The first-order chi connectivity index (χ1) is 10.1. The highest BCUT2D eigenvalue weighted by molar-refractivity contribution is 5.96. The lowest BCUT2D eigenvalue weighted by molar-refractivity contribution is -0.384. The lowest BCUT2D eigenvalue weighted by Crippen LogP contribution is -2.06. The molecule has 0 bridgehead atoms. The minimum absolute atomic E-state index is 0.0234. The Morgan fingerprint density at radius 1 is 1.10 bits per heavy atom. The van der Waals surface area contributed by atoms with Crippen LogP contribution in [-0.2, 0) is 0 Å². The summed E-state index contributed by atoms with van der Waals surface area (Å²) in [6, 6.07) is 10.9. The standard InChI is InChI=1S/C15H12FNO4/c16-12-3-1-11(2-4-12)15(18)9-10-21-14-7-5-13(6-8-14)17(19)20/h1-8H,9-10H2. The molecule has 0 heterocycles. The van der Waals surface area contributed by atoms with Gasteiger partial charge in [0.2, 0.25) is 0 Å². The molecule has 0 amide bonds. The van der Waals surface area contributed by atoms with Crippen LogP contribution in [0.1, 0.15) is 16.8 Å². The third-order valence-electron chi connectivity index (χ3n) is 2.81. The zero-order valence-electron chi connectivity index (χ0n) is 11.0. The summed E-state index contributed by atoms with van der Waals surface area (Å²) in [5, 5.41) is 10.5. The Hall–Kier alpha value is -2.76. The number of ketones is 1. The van der Waals surface area contributed by atoms with Crippen LogP contribution in [0.25, 0.3) is 0 Å². The number of ether oxygens (including phenoxy) is 1. The minimum atomic E-state index is -0.498. The molecule has 6 heteroatoms. The molecule has 5 nitrogen and oxygen atoms in total. The molecule has 0 fully saturated rings. The molecule has 0 spiro atoms. The van der Waals surface area contributed by atoms with E-state index in [-0.39, 0.29) is 24.5 Å². The number of non-ortho nitro benzene ring substituents is 1. The number of rotatable bonds is 6. The maximum absolute atomic E-state index is 12.7. The fourth-order valence-electron chi connectivity index (χ4n) is 1.71. The molecule has 0 N–H and O–H groups in total. The smallest absolute Gasteiger partial charge is 0.269 e. The summed E-state index contributed by atoms with van der Waals surface area (Å²) >= 11 is 0. The molecule has 0 saturated carbocycles. The van der Waals surface area contributed by atoms with E-state index in [9.17, 15) is 19.3 Å². The highest BCUT2D eigenvalue weighted by Gasteiger charge is 2.07. The molecule has 2 rings (SSSR count). The van der Waals surface area contributed by atoms with Gasteiger partial charge in [-0.05, 0) is 36.4 Å². The number of hydrogen-bond acceptors (Lipinski definition) is 4. The maximum Gasteiger partial charge on any atom is 0.269 e. The van der Waals surface area contributed by atoms with E-state index < -0.39 is 10.7 Å². The molecular weight excluding hydrogens is 277 g/mol. The Labute approximate surface area is 120 Å².